The number of morpholine rings is 1. The zero-order chi connectivity index (χ0) is 8.97. The van der Waals surface area contributed by atoms with Gasteiger partial charge in [-0.1, -0.05) is 0 Å². The minimum absolute atomic E-state index is 0.228. The molecule has 1 atom stereocenters. The Kier molecular flexibility index (Phi) is 3.49. The molecule has 1 saturated heterocycles. The number of nitrogens with zero attached hydrogens (tertiary/aromatic N) is 1. The predicted molar refractivity (Wildman–Crippen MR) is 45.7 cm³/mol. The Bertz CT molecular complexity index is 161. The molecule has 1 aliphatic heterocycles. The molecule has 0 aromatic carbocycles. The van der Waals surface area contributed by atoms with E-state index in [4.69, 9.17) is 10.5 Å². The highest BCUT2D eigenvalue weighted by molar-refractivity contribution is 5.73. The van der Waals surface area contributed by atoms with E-state index in [1.807, 2.05) is 6.92 Å². The number of hydrogen-bond donors (Lipinski definition) is 1. The molecule has 4 heteroatoms. The van der Waals surface area contributed by atoms with Crippen molar-refractivity contribution >= 4 is 5.91 Å². The number of nitrogens with two attached hydrogens (primary N) is 1. The van der Waals surface area contributed by atoms with E-state index in [1.165, 1.54) is 0 Å². The maximum absolute atomic E-state index is 10.5. The normalized spacial score (nSPS) is 25.6. The lowest BCUT2D eigenvalue weighted by Gasteiger charge is -2.30. The molecule has 4 nitrogen and oxygen atoms in total. The van der Waals surface area contributed by atoms with Crippen molar-refractivity contribution in [1.29, 1.82) is 0 Å². The highest BCUT2D eigenvalue weighted by Gasteiger charge is 2.16. The molecular weight excluding hydrogens is 156 g/mol. The van der Waals surface area contributed by atoms with Gasteiger partial charge in [-0.05, 0) is 6.92 Å². The third-order valence-electron chi connectivity index (χ3n) is 2.00. The predicted octanol–water partition coefficient (Wildman–Crippen LogP) is -0.417. The van der Waals surface area contributed by atoms with Crippen LogP contribution < -0.4 is 5.73 Å². The monoisotopic (exact) mass is 172 g/mol. The molecule has 0 aromatic heterocycles. The SMILES string of the molecule is C[C@@H]1CN(CCC(N)=O)CCO1. The fourth-order valence-electron chi connectivity index (χ4n) is 1.36. The van der Waals surface area contributed by atoms with Crippen LogP contribution in [0, 0.1) is 0 Å². The molecule has 1 amide bonds. The van der Waals surface area contributed by atoms with Gasteiger partial charge in [0.25, 0.3) is 0 Å². The summed E-state index contributed by atoms with van der Waals surface area (Å²) in [6, 6.07) is 0. The van der Waals surface area contributed by atoms with Crippen LogP contribution in [-0.4, -0.2) is 43.2 Å². The number of carbonyl (C=O) groups is 1. The van der Waals surface area contributed by atoms with Gasteiger partial charge in [0.1, 0.15) is 0 Å². The Morgan fingerprint density at radius 3 is 3.08 bits per heavy atom. The van der Waals surface area contributed by atoms with Crippen LogP contribution in [0.2, 0.25) is 0 Å². The van der Waals surface area contributed by atoms with Crippen molar-refractivity contribution < 1.29 is 9.53 Å². The lowest BCUT2D eigenvalue weighted by molar-refractivity contribution is -0.118. The fourth-order valence-corrected chi connectivity index (χ4v) is 1.36. The number of hydrogen-bond acceptors (Lipinski definition) is 3. The first-order chi connectivity index (χ1) is 5.68. The van der Waals surface area contributed by atoms with E-state index in [-0.39, 0.29) is 12.0 Å². The highest BCUT2D eigenvalue weighted by Crippen LogP contribution is 2.04. The Morgan fingerprint density at radius 1 is 1.75 bits per heavy atom. The van der Waals surface area contributed by atoms with Crippen LogP contribution in [0.25, 0.3) is 0 Å². The second-order valence-electron chi connectivity index (χ2n) is 3.20. The molecule has 0 unspecified atom stereocenters. The van der Waals surface area contributed by atoms with Crippen molar-refractivity contribution in [2.24, 2.45) is 5.73 Å². The van der Waals surface area contributed by atoms with Gasteiger partial charge in [0, 0.05) is 26.1 Å². The van der Waals surface area contributed by atoms with Crippen LogP contribution in [-0.2, 0) is 9.53 Å². The third kappa shape index (κ3) is 3.19. The van der Waals surface area contributed by atoms with Gasteiger partial charge in [0.2, 0.25) is 5.91 Å². The molecule has 1 fully saturated rings. The van der Waals surface area contributed by atoms with E-state index >= 15 is 0 Å². The molecule has 70 valence electrons. The molecule has 1 aliphatic rings. The van der Waals surface area contributed by atoms with Crippen molar-refractivity contribution in [1.82, 2.24) is 4.90 Å². The molecule has 1 rings (SSSR count). The lowest BCUT2D eigenvalue weighted by atomic mass is 10.3. The molecule has 1 heterocycles. The van der Waals surface area contributed by atoms with Crippen LogP contribution in [0.3, 0.4) is 0 Å². The zero-order valence-corrected chi connectivity index (χ0v) is 7.45. The second kappa shape index (κ2) is 4.42. The second-order valence-corrected chi connectivity index (χ2v) is 3.20. The summed E-state index contributed by atoms with van der Waals surface area (Å²) in [5.74, 6) is -0.228. The average molecular weight is 172 g/mol. The molecule has 2 N–H and O–H groups in total. The van der Waals surface area contributed by atoms with Crippen LogP contribution in [0.1, 0.15) is 13.3 Å². The van der Waals surface area contributed by atoms with E-state index in [1.54, 1.807) is 0 Å². The molecule has 12 heavy (non-hydrogen) atoms. The summed E-state index contributed by atoms with van der Waals surface area (Å²) in [5.41, 5.74) is 5.05. The van der Waals surface area contributed by atoms with Gasteiger partial charge in [-0.15, -0.1) is 0 Å². The number of ether oxygens (including phenoxy) is 1. The van der Waals surface area contributed by atoms with Crippen LogP contribution in [0.15, 0.2) is 0 Å². The maximum Gasteiger partial charge on any atom is 0.218 e. The van der Waals surface area contributed by atoms with E-state index in [0.717, 1.165) is 26.2 Å². The van der Waals surface area contributed by atoms with Crippen molar-refractivity contribution in [2.45, 2.75) is 19.4 Å². The summed E-state index contributed by atoms with van der Waals surface area (Å²) in [6.07, 6.45) is 0.735. The first kappa shape index (κ1) is 9.48. The van der Waals surface area contributed by atoms with Crippen molar-refractivity contribution in [2.75, 3.05) is 26.2 Å². The zero-order valence-electron chi connectivity index (χ0n) is 7.45. The van der Waals surface area contributed by atoms with Gasteiger partial charge < -0.3 is 10.5 Å². The molecule has 0 saturated carbocycles. The van der Waals surface area contributed by atoms with Gasteiger partial charge in [0.05, 0.1) is 12.7 Å². The number of amides is 1. The number of primary amides is 1. The van der Waals surface area contributed by atoms with E-state index in [0.29, 0.717) is 6.42 Å². The summed E-state index contributed by atoms with van der Waals surface area (Å²) in [5, 5.41) is 0. The van der Waals surface area contributed by atoms with E-state index in [2.05, 4.69) is 4.90 Å². The summed E-state index contributed by atoms with van der Waals surface area (Å²) in [7, 11) is 0. The third-order valence-corrected chi connectivity index (χ3v) is 2.00. The summed E-state index contributed by atoms with van der Waals surface area (Å²) >= 11 is 0. The molecule has 0 spiro atoms. The highest BCUT2D eigenvalue weighted by atomic mass is 16.5. The van der Waals surface area contributed by atoms with Gasteiger partial charge in [-0.3, -0.25) is 9.69 Å². The Morgan fingerprint density at radius 2 is 2.50 bits per heavy atom. The van der Waals surface area contributed by atoms with Gasteiger partial charge >= 0.3 is 0 Å². The fraction of sp³-hybridized carbons (Fsp3) is 0.875. The first-order valence-electron chi connectivity index (χ1n) is 4.31. The number of carbonyl (C=O) groups excluding carboxylic acids is 1. The summed E-state index contributed by atoms with van der Waals surface area (Å²) in [6.45, 7) is 5.39. The van der Waals surface area contributed by atoms with Crippen molar-refractivity contribution in [3.63, 3.8) is 0 Å². The summed E-state index contributed by atoms with van der Waals surface area (Å²) < 4.78 is 5.36. The van der Waals surface area contributed by atoms with Crippen LogP contribution in [0.5, 0.6) is 0 Å². The van der Waals surface area contributed by atoms with Crippen LogP contribution >= 0.6 is 0 Å². The summed E-state index contributed by atoms with van der Waals surface area (Å²) in [4.78, 5) is 12.7. The standard InChI is InChI=1S/C8H16N2O2/c1-7-6-10(4-5-12-7)3-2-8(9)11/h7H,2-6H2,1H3,(H2,9,11)/t7-/m1/s1. The topological polar surface area (TPSA) is 55.6 Å². The molecule has 0 aliphatic carbocycles. The van der Waals surface area contributed by atoms with Gasteiger partial charge in [0.15, 0.2) is 0 Å². The van der Waals surface area contributed by atoms with Gasteiger partial charge in [-0.25, -0.2) is 0 Å². The Balaban J connectivity index is 2.18. The molecule has 0 radical (unpaired) electrons. The van der Waals surface area contributed by atoms with Crippen molar-refractivity contribution in [3.8, 4) is 0 Å². The molecular formula is C8H16N2O2. The average Bonchev–Trinajstić information content (AvgIpc) is 2.01. The van der Waals surface area contributed by atoms with Crippen molar-refractivity contribution in [3.05, 3.63) is 0 Å². The number of rotatable bonds is 3. The minimum Gasteiger partial charge on any atom is -0.376 e. The Labute approximate surface area is 72.7 Å². The van der Waals surface area contributed by atoms with Crippen LogP contribution in [0.4, 0.5) is 0 Å². The smallest absolute Gasteiger partial charge is 0.218 e. The largest absolute Gasteiger partial charge is 0.376 e. The van der Waals surface area contributed by atoms with Gasteiger partial charge in [-0.2, -0.15) is 0 Å². The minimum atomic E-state index is -0.228. The lowest BCUT2D eigenvalue weighted by Crippen LogP contribution is -2.42. The Hall–Kier alpha value is -0.610. The first-order valence-corrected chi connectivity index (χ1v) is 4.31. The molecule has 0 bridgehead atoms. The van der Waals surface area contributed by atoms with E-state index in [9.17, 15) is 4.79 Å². The molecule has 0 aromatic rings. The quantitative estimate of drug-likeness (QED) is 0.629. The maximum atomic E-state index is 10.5. The van der Waals surface area contributed by atoms with E-state index < -0.39 is 0 Å².